The van der Waals surface area contributed by atoms with E-state index in [2.05, 4.69) is 69.3 Å². The zero-order valence-corrected chi connectivity index (χ0v) is 18.6. The summed E-state index contributed by atoms with van der Waals surface area (Å²) in [5, 5.41) is 21.7. The van der Waals surface area contributed by atoms with Crippen molar-refractivity contribution in [2.45, 2.75) is 39.3 Å². The number of aryl methyl sites for hydroxylation is 1. The molecule has 0 unspecified atom stereocenters. The smallest absolute Gasteiger partial charge is 0.423 e. The number of hydrogen-bond donors (Lipinski definition) is 2. The van der Waals surface area contributed by atoms with Crippen LogP contribution in [0, 0.1) is 6.92 Å². The molecule has 0 aromatic heterocycles. The van der Waals surface area contributed by atoms with Crippen LogP contribution in [0.4, 0.5) is 0 Å². The first-order valence-corrected chi connectivity index (χ1v) is 11.9. The van der Waals surface area contributed by atoms with Crippen molar-refractivity contribution in [2.75, 3.05) is 0 Å². The lowest BCUT2D eigenvalue weighted by atomic mass is 9.76. The summed E-state index contributed by atoms with van der Waals surface area (Å²) in [6.07, 6.45) is 0. The second-order valence-corrected chi connectivity index (χ2v) is 12.8. The summed E-state index contributed by atoms with van der Waals surface area (Å²) in [4.78, 5) is 0. The number of rotatable bonds is 6. The van der Waals surface area contributed by atoms with E-state index in [9.17, 15) is 10.0 Å². The molecule has 3 aromatic rings. The van der Waals surface area contributed by atoms with Crippen LogP contribution >= 0.6 is 0 Å². The topological polar surface area (TPSA) is 49.7 Å². The lowest BCUT2D eigenvalue weighted by Gasteiger charge is -2.43. The predicted molar refractivity (Wildman–Crippen MR) is 123 cm³/mol. The van der Waals surface area contributed by atoms with E-state index in [4.69, 9.17) is 4.43 Å². The second kappa shape index (κ2) is 8.68. The summed E-state index contributed by atoms with van der Waals surface area (Å²) >= 11 is 0. The van der Waals surface area contributed by atoms with Gasteiger partial charge in [-0.3, -0.25) is 0 Å². The first-order valence-electron chi connectivity index (χ1n) is 9.96. The van der Waals surface area contributed by atoms with E-state index in [0.717, 1.165) is 11.1 Å². The molecule has 0 bridgehead atoms. The van der Waals surface area contributed by atoms with Gasteiger partial charge in [-0.15, -0.1) is 0 Å². The molecule has 3 nitrogen and oxygen atoms in total. The maximum atomic E-state index is 9.67. The minimum absolute atomic E-state index is 0.0975. The van der Waals surface area contributed by atoms with E-state index >= 15 is 0 Å². The third kappa shape index (κ3) is 4.38. The van der Waals surface area contributed by atoms with E-state index in [1.165, 1.54) is 10.4 Å². The average molecular weight is 404 g/mol. The van der Waals surface area contributed by atoms with Crippen molar-refractivity contribution >= 4 is 31.3 Å². The Morgan fingerprint density at radius 1 is 0.828 bits per heavy atom. The van der Waals surface area contributed by atoms with Gasteiger partial charge >= 0.3 is 7.12 Å². The van der Waals surface area contributed by atoms with Crippen LogP contribution < -0.4 is 15.8 Å². The highest BCUT2D eigenvalue weighted by Gasteiger charge is 2.50. The Hall–Kier alpha value is -2.18. The SMILES string of the molecule is Cc1ccc(CO[Si](c2ccccc2)(c2ccccc2)C(C)(C)C)cc1B(O)O. The standard InChI is InChI=1S/C24H29BO3Si/c1-19-15-16-20(17-23(19)25(26)27)18-28-29(24(2,3)4,21-11-7-5-8-12-21)22-13-9-6-10-14-22/h5-17,26-27H,18H2,1-4H3. The van der Waals surface area contributed by atoms with E-state index in [1.54, 1.807) is 0 Å². The van der Waals surface area contributed by atoms with Gasteiger partial charge in [0, 0.05) is 0 Å². The van der Waals surface area contributed by atoms with Gasteiger partial charge in [0.15, 0.2) is 0 Å². The summed E-state index contributed by atoms with van der Waals surface area (Å²) in [7, 11) is -4.10. The van der Waals surface area contributed by atoms with Gasteiger partial charge in [-0.2, -0.15) is 0 Å². The largest absolute Gasteiger partial charge is 0.488 e. The Morgan fingerprint density at radius 3 is 1.79 bits per heavy atom. The fraction of sp³-hybridized carbons (Fsp3) is 0.250. The summed E-state index contributed by atoms with van der Waals surface area (Å²) in [5.74, 6) is 0. The Balaban J connectivity index is 2.08. The van der Waals surface area contributed by atoms with E-state index in [0.29, 0.717) is 12.1 Å². The van der Waals surface area contributed by atoms with Crippen molar-refractivity contribution in [3.63, 3.8) is 0 Å². The molecule has 0 amide bonds. The highest BCUT2D eigenvalue weighted by atomic mass is 28.4. The molecule has 29 heavy (non-hydrogen) atoms. The van der Waals surface area contributed by atoms with Crippen molar-refractivity contribution < 1.29 is 14.5 Å². The summed E-state index contributed by atoms with van der Waals surface area (Å²) in [6.45, 7) is 9.03. The van der Waals surface area contributed by atoms with Gasteiger partial charge in [-0.25, -0.2) is 0 Å². The molecule has 2 N–H and O–H groups in total. The van der Waals surface area contributed by atoms with Gasteiger partial charge in [0.1, 0.15) is 0 Å². The Kier molecular flexibility index (Phi) is 6.44. The zero-order valence-electron chi connectivity index (χ0n) is 17.6. The lowest BCUT2D eigenvalue weighted by Crippen LogP contribution is -2.66. The van der Waals surface area contributed by atoms with Crippen LogP contribution in [-0.2, 0) is 11.0 Å². The van der Waals surface area contributed by atoms with E-state index in [-0.39, 0.29) is 5.04 Å². The molecule has 0 saturated heterocycles. The summed E-state index contributed by atoms with van der Waals surface area (Å²) < 4.78 is 6.90. The Morgan fingerprint density at radius 2 is 1.34 bits per heavy atom. The van der Waals surface area contributed by atoms with Gasteiger partial charge in [-0.05, 0) is 33.4 Å². The summed E-state index contributed by atoms with van der Waals surface area (Å²) in [5.41, 5.74) is 2.31. The first kappa shape index (κ1) is 21.5. The molecule has 0 spiro atoms. The highest BCUT2D eigenvalue weighted by Crippen LogP contribution is 2.37. The van der Waals surface area contributed by atoms with Gasteiger partial charge in [0.25, 0.3) is 8.32 Å². The molecule has 0 radical (unpaired) electrons. The maximum absolute atomic E-state index is 9.67. The molecule has 0 fully saturated rings. The fourth-order valence-corrected chi connectivity index (χ4v) is 8.55. The molecule has 0 heterocycles. The van der Waals surface area contributed by atoms with Crippen LogP contribution in [0.5, 0.6) is 0 Å². The molecular formula is C24H29BO3Si. The van der Waals surface area contributed by atoms with Gasteiger partial charge in [0.2, 0.25) is 0 Å². The van der Waals surface area contributed by atoms with Gasteiger partial charge in [0.05, 0.1) is 6.61 Å². The van der Waals surface area contributed by atoms with Crippen molar-refractivity contribution in [1.29, 1.82) is 0 Å². The van der Waals surface area contributed by atoms with Crippen LogP contribution in [0.3, 0.4) is 0 Å². The van der Waals surface area contributed by atoms with Crippen molar-refractivity contribution in [3.05, 3.63) is 90.0 Å². The molecule has 0 aliphatic heterocycles. The van der Waals surface area contributed by atoms with Crippen molar-refractivity contribution in [2.24, 2.45) is 0 Å². The highest BCUT2D eigenvalue weighted by molar-refractivity contribution is 6.99. The molecule has 0 aliphatic rings. The Labute approximate surface area is 175 Å². The molecule has 3 aromatic carbocycles. The van der Waals surface area contributed by atoms with E-state index < -0.39 is 15.4 Å². The summed E-state index contributed by atoms with van der Waals surface area (Å²) in [6, 6.07) is 26.8. The molecular weight excluding hydrogens is 375 g/mol. The number of hydrogen-bond acceptors (Lipinski definition) is 3. The maximum Gasteiger partial charge on any atom is 0.488 e. The molecule has 0 saturated carbocycles. The zero-order chi connectivity index (χ0) is 21.1. The third-order valence-electron chi connectivity index (χ3n) is 5.49. The normalized spacial score (nSPS) is 12.1. The lowest BCUT2D eigenvalue weighted by molar-refractivity contribution is 0.286. The van der Waals surface area contributed by atoms with Crippen molar-refractivity contribution in [3.8, 4) is 0 Å². The van der Waals surface area contributed by atoms with Gasteiger partial charge < -0.3 is 14.5 Å². The van der Waals surface area contributed by atoms with Crippen LogP contribution in [0.1, 0.15) is 31.9 Å². The molecule has 0 aliphatic carbocycles. The predicted octanol–water partition coefficient (Wildman–Crippen LogP) is 2.75. The average Bonchev–Trinajstić information content (AvgIpc) is 2.70. The fourth-order valence-electron chi connectivity index (χ4n) is 4.01. The van der Waals surface area contributed by atoms with Crippen LogP contribution in [-0.4, -0.2) is 25.5 Å². The quantitative estimate of drug-likeness (QED) is 0.622. The van der Waals surface area contributed by atoms with Crippen molar-refractivity contribution in [1.82, 2.24) is 0 Å². The van der Waals surface area contributed by atoms with Crippen LogP contribution in [0.2, 0.25) is 5.04 Å². The Bertz CT molecular complexity index is 898. The third-order valence-corrected chi connectivity index (χ3v) is 10.5. The molecule has 0 atom stereocenters. The molecule has 3 rings (SSSR count). The van der Waals surface area contributed by atoms with Crippen LogP contribution in [0.25, 0.3) is 0 Å². The minimum Gasteiger partial charge on any atom is -0.423 e. The monoisotopic (exact) mass is 404 g/mol. The first-order chi connectivity index (χ1) is 13.8. The molecule has 5 heteroatoms. The second-order valence-electron chi connectivity index (χ2n) is 8.52. The molecule has 150 valence electrons. The van der Waals surface area contributed by atoms with Crippen LogP contribution in [0.15, 0.2) is 78.9 Å². The van der Waals surface area contributed by atoms with E-state index in [1.807, 2.05) is 37.3 Å². The van der Waals surface area contributed by atoms with Gasteiger partial charge in [-0.1, -0.05) is 105 Å². The minimum atomic E-state index is -2.62. The number of benzene rings is 3.